The van der Waals surface area contributed by atoms with Crippen molar-refractivity contribution in [1.29, 1.82) is 5.26 Å². The molecule has 0 atom stereocenters. The molecule has 1 aromatic heterocycles. The number of nitrogens with two attached hydrogens (primary N) is 1. The van der Waals surface area contributed by atoms with Crippen LogP contribution in [0.4, 0.5) is 0 Å². The van der Waals surface area contributed by atoms with E-state index in [2.05, 4.69) is 0 Å². The van der Waals surface area contributed by atoms with Crippen LogP contribution in [-0.2, 0) is 0 Å². The van der Waals surface area contributed by atoms with Gasteiger partial charge in [-0.25, -0.2) is 0 Å². The number of nitrogens with zero attached hydrogens (tertiary/aromatic N) is 1. The van der Waals surface area contributed by atoms with Gasteiger partial charge in [-0.15, -0.1) is 0 Å². The Morgan fingerprint density at radius 3 is 2.56 bits per heavy atom. The van der Waals surface area contributed by atoms with Crippen molar-refractivity contribution in [2.45, 2.75) is 0 Å². The van der Waals surface area contributed by atoms with Gasteiger partial charge < -0.3 is 10.2 Å². The van der Waals surface area contributed by atoms with Crippen molar-refractivity contribution in [3.05, 3.63) is 53.8 Å². The van der Waals surface area contributed by atoms with Gasteiger partial charge in [0.2, 0.25) is 0 Å². The molecule has 0 spiro atoms. The monoisotopic (exact) mass is 254 g/mol. The lowest BCUT2D eigenvalue weighted by molar-refractivity contribution is 0.571. The molecule has 0 fully saturated rings. The third-order valence-corrected chi connectivity index (χ3v) is 2.58. The van der Waals surface area contributed by atoms with E-state index in [0.29, 0.717) is 5.76 Å². The summed E-state index contributed by atoms with van der Waals surface area (Å²) in [5, 5.41) is 8.85. The average Bonchev–Trinajstić information content (AvgIpc) is 2.85. The molecule has 0 bridgehead atoms. The Bertz CT molecular complexity index is 635. The summed E-state index contributed by atoms with van der Waals surface area (Å²) in [6, 6.07) is 15.3. The maximum absolute atomic E-state index is 8.85. The quantitative estimate of drug-likeness (QED) is 0.519. The molecule has 0 saturated carbocycles. The lowest BCUT2D eigenvalue weighted by atomic mass is 10.2. The van der Waals surface area contributed by atoms with E-state index in [-0.39, 0.29) is 10.6 Å². The highest BCUT2D eigenvalue weighted by atomic mass is 32.1. The molecular weight excluding hydrogens is 244 g/mol. The summed E-state index contributed by atoms with van der Waals surface area (Å²) < 4.78 is 5.61. The van der Waals surface area contributed by atoms with Crippen molar-refractivity contribution in [2.75, 3.05) is 0 Å². The maximum atomic E-state index is 8.85. The molecule has 3 nitrogen and oxygen atoms in total. The molecule has 88 valence electrons. The molecule has 0 saturated heterocycles. The second-order valence-electron chi connectivity index (χ2n) is 3.60. The van der Waals surface area contributed by atoms with Gasteiger partial charge in [0.05, 0.1) is 5.57 Å². The lowest BCUT2D eigenvalue weighted by Crippen LogP contribution is -2.09. The second kappa shape index (κ2) is 5.30. The van der Waals surface area contributed by atoms with Gasteiger partial charge in [0.15, 0.2) is 0 Å². The van der Waals surface area contributed by atoms with E-state index < -0.39 is 0 Å². The minimum Gasteiger partial charge on any atom is -0.457 e. The largest absolute Gasteiger partial charge is 0.457 e. The molecule has 0 aliphatic carbocycles. The van der Waals surface area contributed by atoms with E-state index in [1.165, 1.54) is 6.08 Å². The number of rotatable bonds is 3. The number of hydrogen-bond donors (Lipinski definition) is 1. The summed E-state index contributed by atoms with van der Waals surface area (Å²) in [5.41, 5.74) is 6.62. The summed E-state index contributed by atoms with van der Waals surface area (Å²) in [6.45, 7) is 0. The van der Waals surface area contributed by atoms with Gasteiger partial charge >= 0.3 is 0 Å². The Morgan fingerprint density at radius 1 is 1.22 bits per heavy atom. The Morgan fingerprint density at radius 2 is 1.94 bits per heavy atom. The van der Waals surface area contributed by atoms with Crippen molar-refractivity contribution in [3.63, 3.8) is 0 Å². The van der Waals surface area contributed by atoms with Crippen molar-refractivity contribution in [2.24, 2.45) is 5.73 Å². The van der Waals surface area contributed by atoms with Crippen molar-refractivity contribution in [1.82, 2.24) is 0 Å². The van der Waals surface area contributed by atoms with Gasteiger partial charge in [-0.3, -0.25) is 0 Å². The predicted molar refractivity (Wildman–Crippen MR) is 74.5 cm³/mol. The molecule has 0 aliphatic heterocycles. The third kappa shape index (κ3) is 2.65. The fourth-order valence-electron chi connectivity index (χ4n) is 1.49. The summed E-state index contributed by atoms with van der Waals surface area (Å²) in [5.74, 6) is 1.29. The number of thiocarbonyl (C=S) groups is 1. The number of benzene rings is 1. The predicted octanol–water partition coefficient (Wildman–Crippen LogP) is 3.14. The van der Waals surface area contributed by atoms with Gasteiger partial charge in [-0.1, -0.05) is 42.5 Å². The van der Waals surface area contributed by atoms with Crippen molar-refractivity contribution in [3.8, 4) is 17.4 Å². The van der Waals surface area contributed by atoms with Crippen LogP contribution in [0.1, 0.15) is 5.76 Å². The molecule has 0 radical (unpaired) electrons. The Kier molecular flexibility index (Phi) is 3.56. The van der Waals surface area contributed by atoms with Crippen molar-refractivity contribution < 1.29 is 4.42 Å². The number of furan rings is 1. The zero-order valence-electron chi connectivity index (χ0n) is 9.46. The molecule has 1 heterocycles. The first-order chi connectivity index (χ1) is 8.70. The summed E-state index contributed by atoms with van der Waals surface area (Å²) in [7, 11) is 0. The van der Waals surface area contributed by atoms with E-state index >= 15 is 0 Å². The van der Waals surface area contributed by atoms with Gasteiger partial charge in [-0.05, 0) is 12.1 Å². The van der Waals surface area contributed by atoms with Crippen LogP contribution in [0.15, 0.2) is 52.5 Å². The molecular formula is C14H10N2OS. The Hall–Kier alpha value is -2.38. The van der Waals surface area contributed by atoms with Crippen LogP contribution < -0.4 is 5.73 Å². The topological polar surface area (TPSA) is 63.0 Å². The molecule has 0 aliphatic rings. The first-order valence-electron chi connectivity index (χ1n) is 5.27. The van der Waals surface area contributed by atoms with Crippen LogP contribution in [0.25, 0.3) is 17.4 Å². The van der Waals surface area contributed by atoms with E-state index in [1.54, 1.807) is 6.07 Å². The highest BCUT2D eigenvalue weighted by Gasteiger charge is 2.05. The Labute approximate surface area is 110 Å². The van der Waals surface area contributed by atoms with Crippen molar-refractivity contribution >= 4 is 23.3 Å². The molecule has 4 heteroatoms. The summed E-state index contributed by atoms with van der Waals surface area (Å²) in [6.07, 6.45) is 1.54. The molecule has 1 aromatic carbocycles. The minimum atomic E-state index is 0.0650. The van der Waals surface area contributed by atoms with Crippen LogP contribution in [-0.4, -0.2) is 4.99 Å². The van der Waals surface area contributed by atoms with E-state index in [4.69, 9.17) is 27.6 Å². The fourth-order valence-corrected chi connectivity index (χ4v) is 1.59. The summed E-state index contributed by atoms with van der Waals surface area (Å²) >= 11 is 4.76. The lowest BCUT2D eigenvalue weighted by Gasteiger charge is -1.95. The second-order valence-corrected chi connectivity index (χ2v) is 4.04. The summed E-state index contributed by atoms with van der Waals surface area (Å²) in [4.78, 5) is 0.0650. The van der Waals surface area contributed by atoms with Gasteiger partial charge in [0, 0.05) is 11.6 Å². The van der Waals surface area contributed by atoms with Gasteiger partial charge in [-0.2, -0.15) is 5.26 Å². The molecule has 0 unspecified atom stereocenters. The SMILES string of the molecule is N#CC(=Cc1ccc(-c2ccccc2)o1)C(N)=S. The van der Waals surface area contributed by atoms with E-state index in [9.17, 15) is 0 Å². The standard InChI is InChI=1S/C14H10N2OS/c15-9-11(14(16)18)8-12-6-7-13(17-12)10-4-2-1-3-5-10/h1-8H,(H2,16,18). The van der Waals surface area contributed by atoms with Crippen LogP contribution >= 0.6 is 12.2 Å². The van der Waals surface area contributed by atoms with Crippen LogP contribution in [0, 0.1) is 11.3 Å². The van der Waals surface area contributed by atoms with Gasteiger partial charge in [0.1, 0.15) is 22.6 Å². The van der Waals surface area contributed by atoms with E-state index in [0.717, 1.165) is 11.3 Å². The van der Waals surface area contributed by atoms with Crippen LogP contribution in [0.3, 0.4) is 0 Å². The smallest absolute Gasteiger partial charge is 0.134 e. The molecule has 0 amide bonds. The first kappa shape index (κ1) is 12.1. The highest BCUT2D eigenvalue weighted by Crippen LogP contribution is 2.22. The highest BCUT2D eigenvalue weighted by molar-refractivity contribution is 7.80. The number of hydrogen-bond acceptors (Lipinski definition) is 3. The minimum absolute atomic E-state index is 0.0650. The molecule has 18 heavy (non-hydrogen) atoms. The van der Waals surface area contributed by atoms with Gasteiger partial charge in [0.25, 0.3) is 0 Å². The Balaban J connectivity index is 2.33. The van der Waals surface area contributed by atoms with Crippen LogP contribution in [0.5, 0.6) is 0 Å². The average molecular weight is 254 g/mol. The first-order valence-corrected chi connectivity index (χ1v) is 5.68. The molecule has 2 aromatic rings. The third-order valence-electron chi connectivity index (χ3n) is 2.36. The zero-order valence-corrected chi connectivity index (χ0v) is 10.3. The van der Waals surface area contributed by atoms with E-state index in [1.807, 2.05) is 42.5 Å². The normalized spacial score (nSPS) is 10.9. The maximum Gasteiger partial charge on any atom is 0.134 e. The zero-order chi connectivity index (χ0) is 13.0. The molecule has 2 rings (SSSR count). The fraction of sp³-hybridized carbons (Fsp3) is 0. The molecule has 2 N–H and O–H groups in total. The van der Waals surface area contributed by atoms with Crippen LogP contribution in [0.2, 0.25) is 0 Å². The number of nitriles is 1.